The third kappa shape index (κ3) is 2.76. The Morgan fingerprint density at radius 1 is 1.17 bits per heavy atom. The predicted molar refractivity (Wildman–Crippen MR) is 75.8 cm³/mol. The summed E-state index contributed by atoms with van der Waals surface area (Å²) in [7, 11) is 0. The number of halogens is 1. The van der Waals surface area contributed by atoms with Crippen molar-refractivity contribution in [1.82, 2.24) is 4.98 Å². The summed E-state index contributed by atoms with van der Waals surface area (Å²) < 4.78 is 0.857. The van der Waals surface area contributed by atoms with Gasteiger partial charge >= 0.3 is 0 Å². The Morgan fingerprint density at radius 3 is 2.56 bits per heavy atom. The number of amides is 1. The van der Waals surface area contributed by atoms with Gasteiger partial charge in [-0.15, -0.1) is 0 Å². The van der Waals surface area contributed by atoms with Crippen LogP contribution in [0.5, 0.6) is 0 Å². The van der Waals surface area contributed by atoms with Crippen molar-refractivity contribution >= 4 is 27.5 Å². The van der Waals surface area contributed by atoms with Crippen LogP contribution in [0.4, 0.5) is 5.69 Å². The van der Waals surface area contributed by atoms with Crippen LogP contribution < -0.4 is 5.32 Å². The number of anilines is 1. The van der Waals surface area contributed by atoms with Crippen LogP contribution in [0.2, 0.25) is 0 Å². The van der Waals surface area contributed by atoms with Crippen LogP contribution in [-0.2, 0) is 0 Å². The molecule has 0 aliphatic heterocycles. The summed E-state index contributed by atoms with van der Waals surface area (Å²) in [5.74, 6) is -0.146. The highest BCUT2D eigenvalue weighted by atomic mass is 79.9. The molecule has 0 fully saturated rings. The van der Waals surface area contributed by atoms with E-state index in [0.717, 1.165) is 21.5 Å². The number of para-hydroxylation sites is 1. The predicted octanol–water partition coefficient (Wildman–Crippen LogP) is 3.71. The largest absolute Gasteiger partial charge is 0.321 e. The first-order valence-electron chi connectivity index (χ1n) is 5.58. The second kappa shape index (κ2) is 5.31. The fourth-order valence-electron chi connectivity index (χ4n) is 1.68. The molecular formula is C14H13BrN2O. The van der Waals surface area contributed by atoms with Gasteiger partial charge in [0.2, 0.25) is 0 Å². The molecule has 0 saturated heterocycles. The molecule has 1 aromatic heterocycles. The highest BCUT2D eigenvalue weighted by Crippen LogP contribution is 2.22. The normalized spacial score (nSPS) is 10.2. The number of rotatable bonds is 2. The third-order valence-corrected chi connectivity index (χ3v) is 3.28. The number of nitrogens with zero attached hydrogens (tertiary/aromatic N) is 1. The third-order valence-electron chi connectivity index (χ3n) is 2.59. The number of hydrogen-bond acceptors (Lipinski definition) is 2. The molecule has 1 amide bonds. The molecule has 1 heterocycles. The molecule has 92 valence electrons. The van der Waals surface area contributed by atoms with Crippen LogP contribution >= 0.6 is 15.9 Å². The standard InChI is InChI=1S/C14H13BrN2O/c1-9-7-8-11(10(2)16-9)14(18)17-13-6-4-3-5-12(13)15/h3-8H,1-2H3,(H,17,18). The van der Waals surface area contributed by atoms with E-state index in [2.05, 4.69) is 26.2 Å². The quantitative estimate of drug-likeness (QED) is 0.919. The van der Waals surface area contributed by atoms with E-state index in [1.54, 1.807) is 6.07 Å². The average molecular weight is 305 g/mol. The molecule has 0 unspecified atom stereocenters. The molecule has 3 nitrogen and oxygen atoms in total. The molecule has 0 radical (unpaired) electrons. The van der Waals surface area contributed by atoms with Crippen molar-refractivity contribution < 1.29 is 4.79 Å². The first-order chi connectivity index (χ1) is 8.58. The van der Waals surface area contributed by atoms with E-state index in [9.17, 15) is 4.79 Å². The highest BCUT2D eigenvalue weighted by molar-refractivity contribution is 9.10. The van der Waals surface area contributed by atoms with Gasteiger partial charge in [0.1, 0.15) is 0 Å². The first-order valence-corrected chi connectivity index (χ1v) is 6.37. The summed E-state index contributed by atoms with van der Waals surface area (Å²) in [6, 6.07) is 11.1. The fraction of sp³-hybridized carbons (Fsp3) is 0.143. The summed E-state index contributed by atoms with van der Waals surface area (Å²) >= 11 is 3.40. The second-order valence-corrected chi connectivity index (χ2v) is 4.87. The van der Waals surface area contributed by atoms with Crippen LogP contribution in [0, 0.1) is 13.8 Å². The molecule has 0 aliphatic rings. The fourth-order valence-corrected chi connectivity index (χ4v) is 2.06. The van der Waals surface area contributed by atoms with Crippen molar-refractivity contribution in [2.24, 2.45) is 0 Å². The van der Waals surface area contributed by atoms with Crippen molar-refractivity contribution in [3.8, 4) is 0 Å². The molecule has 1 N–H and O–H groups in total. The van der Waals surface area contributed by atoms with Crippen molar-refractivity contribution in [3.05, 3.63) is 57.8 Å². The lowest BCUT2D eigenvalue weighted by atomic mass is 10.1. The van der Waals surface area contributed by atoms with E-state index in [1.165, 1.54) is 0 Å². The summed E-state index contributed by atoms with van der Waals surface area (Å²) in [5.41, 5.74) is 2.99. The lowest BCUT2D eigenvalue weighted by Gasteiger charge is -2.09. The minimum absolute atomic E-state index is 0.146. The van der Waals surface area contributed by atoms with Crippen molar-refractivity contribution in [2.45, 2.75) is 13.8 Å². The summed E-state index contributed by atoms with van der Waals surface area (Å²) in [6.07, 6.45) is 0. The smallest absolute Gasteiger partial charge is 0.257 e. The number of aromatic nitrogens is 1. The maximum absolute atomic E-state index is 12.1. The van der Waals surface area contributed by atoms with Crippen LogP contribution in [0.1, 0.15) is 21.7 Å². The van der Waals surface area contributed by atoms with Crippen LogP contribution in [-0.4, -0.2) is 10.9 Å². The molecule has 0 bridgehead atoms. The van der Waals surface area contributed by atoms with Crippen LogP contribution in [0.15, 0.2) is 40.9 Å². The summed E-state index contributed by atoms with van der Waals surface area (Å²) in [4.78, 5) is 16.4. The Morgan fingerprint density at radius 2 is 1.89 bits per heavy atom. The van der Waals surface area contributed by atoms with Gasteiger partial charge in [-0.25, -0.2) is 0 Å². The van der Waals surface area contributed by atoms with E-state index < -0.39 is 0 Å². The van der Waals surface area contributed by atoms with Gasteiger partial charge in [0.15, 0.2) is 0 Å². The zero-order valence-electron chi connectivity index (χ0n) is 10.2. The summed E-state index contributed by atoms with van der Waals surface area (Å²) in [5, 5.41) is 2.86. The number of benzene rings is 1. The lowest BCUT2D eigenvalue weighted by Crippen LogP contribution is -2.14. The van der Waals surface area contributed by atoms with Gasteiger partial charge < -0.3 is 5.32 Å². The van der Waals surface area contributed by atoms with Gasteiger partial charge in [-0.1, -0.05) is 12.1 Å². The SMILES string of the molecule is Cc1ccc(C(=O)Nc2ccccc2Br)c(C)n1. The van der Waals surface area contributed by atoms with Gasteiger partial charge in [0, 0.05) is 10.2 Å². The summed E-state index contributed by atoms with van der Waals surface area (Å²) in [6.45, 7) is 3.74. The molecule has 1 aromatic carbocycles. The molecule has 2 aromatic rings. The second-order valence-electron chi connectivity index (χ2n) is 4.02. The zero-order valence-corrected chi connectivity index (χ0v) is 11.8. The van der Waals surface area contributed by atoms with E-state index in [-0.39, 0.29) is 5.91 Å². The highest BCUT2D eigenvalue weighted by Gasteiger charge is 2.11. The molecule has 0 atom stereocenters. The maximum Gasteiger partial charge on any atom is 0.257 e. The molecule has 4 heteroatoms. The average Bonchev–Trinajstić information content (AvgIpc) is 2.32. The number of carbonyl (C=O) groups is 1. The van der Waals surface area contributed by atoms with Crippen LogP contribution in [0.25, 0.3) is 0 Å². The number of pyridine rings is 1. The van der Waals surface area contributed by atoms with E-state index in [1.807, 2.05) is 44.2 Å². The first kappa shape index (κ1) is 12.8. The molecule has 0 saturated carbocycles. The minimum atomic E-state index is -0.146. The number of carbonyl (C=O) groups excluding carboxylic acids is 1. The molecule has 18 heavy (non-hydrogen) atoms. The molecule has 0 aliphatic carbocycles. The Bertz CT molecular complexity index is 596. The van der Waals surface area contributed by atoms with Gasteiger partial charge in [-0.3, -0.25) is 9.78 Å². The van der Waals surface area contributed by atoms with E-state index in [0.29, 0.717) is 5.56 Å². The Balaban J connectivity index is 2.25. The van der Waals surface area contributed by atoms with Crippen molar-refractivity contribution in [2.75, 3.05) is 5.32 Å². The Hall–Kier alpha value is -1.68. The monoisotopic (exact) mass is 304 g/mol. The van der Waals surface area contributed by atoms with Gasteiger partial charge in [0.05, 0.1) is 16.9 Å². The number of nitrogens with one attached hydrogen (secondary N) is 1. The van der Waals surface area contributed by atoms with E-state index >= 15 is 0 Å². The molecular weight excluding hydrogens is 292 g/mol. The number of aryl methyl sites for hydroxylation is 2. The zero-order chi connectivity index (χ0) is 13.1. The van der Waals surface area contributed by atoms with Crippen LogP contribution in [0.3, 0.4) is 0 Å². The van der Waals surface area contributed by atoms with Gasteiger partial charge in [-0.05, 0) is 54.0 Å². The lowest BCUT2D eigenvalue weighted by molar-refractivity contribution is 0.102. The number of hydrogen-bond donors (Lipinski definition) is 1. The minimum Gasteiger partial charge on any atom is -0.321 e. The molecule has 2 rings (SSSR count). The Kier molecular flexibility index (Phi) is 3.77. The topological polar surface area (TPSA) is 42.0 Å². The Labute approximate surface area is 114 Å². The van der Waals surface area contributed by atoms with Gasteiger partial charge in [0.25, 0.3) is 5.91 Å². The van der Waals surface area contributed by atoms with E-state index in [4.69, 9.17) is 0 Å². The van der Waals surface area contributed by atoms with Crippen molar-refractivity contribution in [1.29, 1.82) is 0 Å². The maximum atomic E-state index is 12.1. The van der Waals surface area contributed by atoms with Crippen molar-refractivity contribution in [3.63, 3.8) is 0 Å². The van der Waals surface area contributed by atoms with Gasteiger partial charge in [-0.2, -0.15) is 0 Å². The molecule has 0 spiro atoms.